The van der Waals surface area contributed by atoms with Crippen molar-refractivity contribution in [2.24, 2.45) is 11.5 Å². The van der Waals surface area contributed by atoms with Crippen LogP contribution in [0.15, 0.2) is 35.4 Å². The predicted octanol–water partition coefficient (Wildman–Crippen LogP) is 2.23. The van der Waals surface area contributed by atoms with Crippen molar-refractivity contribution in [2.75, 3.05) is 24.5 Å². The van der Waals surface area contributed by atoms with Crippen LogP contribution in [0, 0.1) is 22.7 Å². The highest BCUT2D eigenvalue weighted by Crippen LogP contribution is 2.40. The Bertz CT molecular complexity index is 1230. The molecule has 2 amide bonds. The number of carbonyl (C=O) groups excluding carboxylic acids is 2. The van der Waals surface area contributed by atoms with Gasteiger partial charge in [0.25, 0.3) is 0 Å². The molecule has 1 aromatic heterocycles. The van der Waals surface area contributed by atoms with E-state index < -0.39 is 17.2 Å². The van der Waals surface area contributed by atoms with Gasteiger partial charge in [0.15, 0.2) is 0 Å². The molecule has 4 N–H and O–H groups in total. The number of piperidine rings is 1. The fraction of sp³-hybridized carbons (Fsp3) is 0.423. The summed E-state index contributed by atoms with van der Waals surface area (Å²) in [5.74, 6) is -0.0156. The summed E-state index contributed by atoms with van der Waals surface area (Å²) in [6.07, 6.45) is 2.63. The summed E-state index contributed by atoms with van der Waals surface area (Å²) in [6.45, 7) is 3.80. The molecule has 2 saturated heterocycles. The Morgan fingerprint density at radius 1 is 1.14 bits per heavy atom. The van der Waals surface area contributed by atoms with Gasteiger partial charge in [0.2, 0.25) is 11.8 Å². The highest BCUT2D eigenvalue weighted by Gasteiger charge is 2.36. The van der Waals surface area contributed by atoms with Crippen LogP contribution in [0.5, 0.6) is 0 Å². The molecular formula is C26H29N7O2S. The number of rotatable bonds is 7. The lowest BCUT2D eigenvalue weighted by atomic mass is 9.99. The molecule has 2 unspecified atom stereocenters. The van der Waals surface area contributed by atoms with E-state index in [0.29, 0.717) is 60.0 Å². The summed E-state index contributed by atoms with van der Waals surface area (Å²) in [7, 11) is 0. The molecule has 2 atom stereocenters. The third-order valence-electron chi connectivity index (χ3n) is 6.90. The lowest BCUT2D eigenvalue weighted by Crippen LogP contribution is -2.47. The molecule has 2 aliphatic rings. The molecule has 2 aromatic rings. The molecule has 3 heterocycles. The van der Waals surface area contributed by atoms with E-state index in [1.165, 1.54) is 0 Å². The number of hydrogen-bond acceptors (Lipinski definition) is 8. The van der Waals surface area contributed by atoms with E-state index in [9.17, 15) is 20.1 Å². The van der Waals surface area contributed by atoms with Gasteiger partial charge in [-0.15, -0.1) is 0 Å². The fourth-order valence-corrected chi connectivity index (χ4v) is 6.06. The molecule has 2 fully saturated rings. The summed E-state index contributed by atoms with van der Waals surface area (Å²) in [5.41, 5.74) is 13.7. The Morgan fingerprint density at radius 3 is 2.33 bits per heavy atom. The number of primary amides is 1. The van der Waals surface area contributed by atoms with Gasteiger partial charge in [-0.25, -0.2) is 4.98 Å². The minimum absolute atomic E-state index is 0.00743. The number of nitrogens with zero attached hydrogens (tertiary/aromatic N) is 5. The average Bonchev–Trinajstić information content (AvgIpc) is 3.24. The van der Waals surface area contributed by atoms with Crippen LogP contribution in [-0.2, 0) is 16.0 Å². The number of anilines is 1. The van der Waals surface area contributed by atoms with E-state index in [1.54, 1.807) is 0 Å². The number of hydrogen-bond donors (Lipinski definition) is 2. The van der Waals surface area contributed by atoms with Crippen molar-refractivity contribution in [3.05, 3.63) is 52.6 Å². The van der Waals surface area contributed by atoms with Gasteiger partial charge < -0.3 is 21.3 Å². The second kappa shape index (κ2) is 11.0. The number of aromatic nitrogens is 1. The second-order valence-corrected chi connectivity index (χ2v) is 10.1. The van der Waals surface area contributed by atoms with E-state index in [2.05, 4.69) is 12.1 Å². The maximum atomic E-state index is 12.4. The highest BCUT2D eigenvalue weighted by molar-refractivity contribution is 8.00. The van der Waals surface area contributed by atoms with Crippen LogP contribution in [0.2, 0.25) is 0 Å². The fourth-order valence-electron chi connectivity index (χ4n) is 5.00. The van der Waals surface area contributed by atoms with Gasteiger partial charge in [-0.3, -0.25) is 9.59 Å². The van der Waals surface area contributed by atoms with Gasteiger partial charge in [0.05, 0.1) is 17.2 Å². The molecule has 0 saturated carbocycles. The lowest BCUT2D eigenvalue weighted by Gasteiger charge is -2.38. The molecule has 186 valence electrons. The molecule has 0 aliphatic carbocycles. The van der Waals surface area contributed by atoms with Crippen molar-refractivity contribution in [3.63, 3.8) is 0 Å². The Labute approximate surface area is 215 Å². The molecule has 1 aromatic carbocycles. The smallest absolute Gasteiger partial charge is 0.239 e. The normalized spacial score (nSPS) is 19.1. The maximum Gasteiger partial charge on any atom is 0.239 e. The van der Waals surface area contributed by atoms with E-state index in [1.807, 2.05) is 47.1 Å². The van der Waals surface area contributed by atoms with Crippen LogP contribution in [0.4, 0.5) is 5.82 Å². The number of likely N-dealkylation sites (tertiary alicyclic amines) is 1. The molecule has 0 spiro atoms. The largest absolute Gasteiger partial charge is 0.368 e. The van der Waals surface area contributed by atoms with Gasteiger partial charge >= 0.3 is 0 Å². The summed E-state index contributed by atoms with van der Waals surface area (Å²) in [6, 6.07) is 13.3. The quantitative estimate of drug-likeness (QED) is 0.545. The zero-order chi connectivity index (χ0) is 25.8. The van der Waals surface area contributed by atoms with Crippen molar-refractivity contribution in [2.45, 2.75) is 55.0 Å². The van der Waals surface area contributed by atoms with E-state index in [-0.39, 0.29) is 11.9 Å². The third kappa shape index (κ3) is 4.88. The maximum absolute atomic E-state index is 12.4. The number of benzene rings is 1. The molecule has 10 heteroatoms. The van der Waals surface area contributed by atoms with Crippen molar-refractivity contribution in [1.82, 2.24) is 9.88 Å². The first kappa shape index (κ1) is 25.5. The minimum atomic E-state index is -0.729. The Morgan fingerprint density at radius 2 is 1.81 bits per heavy atom. The van der Waals surface area contributed by atoms with Gasteiger partial charge in [-0.1, -0.05) is 49.0 Å². The summed E-state index contributed by atoms with van der Waals surface area (Å²) in [4.78, 5) is 33.5. The molecule has 0 radical (unpaired) electrons. The zero-order valence-corrected chi connectivity index (χ0v) is 21.0. The number of carbonyl (C=O) groups is 2. The molecule has 36 heavy (non-hydrogen) atoms. The van der Waals surface area contributed by atoms with Crippen LogP contribution < -0.4 is 16.4 Å². The van der Waals surface area contributed by atoms with E-state index >= 15 is 0 Å². The number of pyridine rings is 1. The SMILES string of the molecule is CCc1c(C#N)c(SC(C(N)=O)c2ccccc2)nc(N2CCC(N3CCC(N)C3=O)CC2)c1C#N. The summed E-state index contributed by atoms with van der Waals surface area (Å²) < 4.78 is 0. The minimum Gasteiger partial charge on any atom is -0.368 e. The van der Waals surface area contributed by atoms with Crippen LogP contribution >= 0.6 is 11.8 Å². The predicted molar refractivity (Wildman–Crippen MR) is 137 cm³/mol. The number of thioether (sulfide) groups is 1. The second-order valence-electron chi connectivity index (χ2n) is 9.00. The molecule has 9 nitrogen and oxygen atoms in total. The van der Waals surface area contributed by atoms with Crippen molar-refractivity contribution in [1.29, 1.82) is 10.5 Å². The molecular weight excluding hydrogens is 474 g/mol. The Balaban J connectivity index is 1.67. The number of amides is 2. The molecule has 2 aliphatic heterocycles. The lowest BCUT2D eigenvalue weighted by molar-refractivity contribution is -0.131. The monoisotopic (exact) mass is 503 g/mol. The molecule has 0 bridgehead atoms. The van der Waals surface area contributed by atoms with Crippen LogP contribution in [0.1, 0.15) is 53.7 Å². The first-order valence-electron chi connectivity index (χ1n) is 12.1. The van der Waals surface area contributed by atoms with Crippen LogP contribution in [0.3, 0.4) is 0 Å². The van der Waals surface area contributed by atoms with Gasteiger partial charge in [-0.05, 0) is 36.8 Å². The van der Waals surface area contributed by atoms with Crippen LogP contribution in [-0.4, -0.2) is 53.4 Å². The Hall–Kier alpha value is -3.60. The standard InChI is InChI=1S/C26H29N7O2S/c1-2-18-19(14-27)24(32-11-8-17(9-12-32)33-13-10-21(29)26(33)35)31-25(20(18)15-28)36-22(23(30)34)16-6-4-3-5-7-16/h3-7,17,21-22H,2,8-13,29H2,1H3,(H2,30,34). The topological polar surface area (TPSA) is 153 Å². The van der Waals surface area contributed by atoms with Crippen molar-refractivity contribution >= 4 is 29.4 Å². The zero-order valence-electron chi connectivity index (χ0n) is 20.2. The number of nitrogens with two attached hydrogens (primary N) is 2. The first-order valence-corrected chi connectivity index (χ1v) is 13.0. The van der Waals surface area contributed by atoms with E-state index in [0.717, 1.165) is 30.2 Å². The van der Waals surface area contributed by atoms with Crippen LogP contribution in [0.25, 0.3) is 0 Å². The Kier molecular flexibility index (Phi) is 7.78. The first-order chi connectivity index (χ1) is 17.4. The van der Waals surface area contributed by atoms with Gasteiger partial charge in [0, 0.05) is 25.7 Å². The average molecular weight is 504 g/mol. The summed E-state index contributed by atoms with van der Waals surface area (Å²) >= 11 is 1.14. The highest BCUT2D eigenvalue weighted by atomic mass is 32.2. The van der Waals surface area contributed by atoms with Gasteiger partial charge in [-0.2, -0.15) is 10.5 Å². The van der Waals surface area contributed by atoms with Crippen molar-refractivity contribution < 1.29 is 9.59 Å². The van der Waals surface area contributed by atoms with E-state index in [4.69, 9.17) is 16.5 Å². The molecule has 4 rings (SSSR count). The number of nitriles is 2. The third-order valence-corrected chi connectivity index (χ3v) is 8.16. The summed E-state index contributed by atoms with van der Waals surface area (Å²) in [5, 5.41) is 19.7. The van der Waals surface area contributed by atoms with Gasteiger partial charge in [0.1, 0.15) is 28.2 Å². The van der Waals surface area contributed by atoms with Crippen molar-refractivity contribution in [3.8, 4) is 12.1 Å².